The van der Waals surface area contributed by atoms with E-state index in [1.54, 1.807) is 0 Å². The second kappa shape index (κ2) is 11.4. The van der Waals surface area contributed by atoms with E-state index in [0.29, 0.717) is 11.7 Å². The molecule has 8 heteroatoms. The average molecular weight is 475 g/mol. The SMILES string of the molecule is CC(C)N/C(=N/Cl)c1ccc(N2CCN(c3ccc(/C(=N\Cl)NC(C)C)cc3)CC2)cc1. The van der Waals surface area contributed by atoms with Gasteiger partial charge in [-0.25, -0.2) is 0 Å². The van der Waals surface area contributed by atoms with E-state index in [4.69, 9.17) is 23.6 Å². The van der Waals surface area contributed by atoms with Crippen LogP contribution in [0.1, 0.15) is 38.8 Å². The van der Waals surface area contributed by atoms with Gasteiger partial charge in [-0.2, -0.15) is 9.02 Å². The maximum atomic E-state index is 5.76. The minimum absolute atomic E-state index is 0.273. The Balaban J connectivity index is 1.59. The molecule has 2 aromatic carbocycles. The maximum absolute atomic E-state index is 5.76. The number of hydrogen-bond acceptors (Lipinski definition) is 4. The number of nitrogens with one attached hydrogen (secondary N) is 2. The van der Waals surface area contributed by atoms with Gasteiger partial charge in [0.2, 0.25) is 0 Å². The van der Waals surface area contributed by atoms with Gasteiger partial charge in [0.05, 0.1) is 0 Å². The molecule has 0 saturated carbocycles. The van der Waals surface area contributed by atoms with Crippen molar-refractivity contribution in [3.05, 3.63) is 59.7 Å². The van der Waals surface area contributed by atoms with Crippen molar-refractivity contribution in [1.82, 2.24) is 10.6 Å². The Kier molecular flexibility index (Phi) is 8.65. The van der Waals surface area contributed by atoms with E-state index in [1.165, 1.54) is 11.4 Å². The van der Waals surface area contributed by atoms with Gasteiger partial charge in [0, 0.05) is 84.3 Å². The number of anilines is 2. The fourth-order valence-corrected chi connectivity index (χ4v) is 4.04. The summed E-state index contributed by atoms with van der Waals surface area (Å²) in [7, 11) is 0. The Morgan fingerprint density at radius 3 is 1.22 bits per heavy atom. The highest BCUT2D eigenvalue weighted by atomic mass is 35.5. The van der Waals surface area contributed by atoms with Gasteiger partial charge in [0.1, 0.15) is 11.7 Å². The van der Waals surface area contributed by atoms with Gasteiger partial charge in [-0.05, 0) is 76.2 Å². The number of rotatable bonds is 6. The first-order chi connectivity index (χ1) is 15.4. The molecule has 6 nitrogen and oxygen atoms in total. The first kappa shape index (κ1) is 24.2. The topological polar surface area (TPSA) is 55.3 Å². The summed E-state index contributed by atoms with van der Waals surface area (Å²) in [5.74, 6) is 1.40. The molecule has 0 radical (unpaired) electrons. The van der Waals surface area contributed by atoms with Crippen LogP contribution in [0.25, 0.3) is 0 Å². The molecule has 32 heavy (non-hydrogen) atoms. The van der Waals surface area contributed by atoms with Gasteiger partial charge in [0.25, 0.3) is 0 Å². The molecule has 1 fully saturated rings. The summed E-state index contributed by atoms with van der Waals surface area (Å²) in [5, 5.41) is 6.54. The molecular weight excluding hydrogens is 443 g/mol. The van der Waals surface area contributed by atoms with E-state index in [9.17, 15) is 0 Å². The van der Waals surface area contributed by atoms with Crippen molar-refractivity contribution in [2.45, 2.75) is 39.8 Å². The van der Waals surface area contributed by atoms with Crippen LogP contribution in [0.4, 0.5) is 11.4 Å². The molecule has 2 aromatic rings. The molecule has 0 bridgehead atoms. The number of benzene rings is 2. The van der Waals surface area contributed by atoms with Crippen molar-refractivity contribution >= 4 is 46.6 Å². The van der Waals surface area contributed by atoms with E-state index in [-0.39, 0.29) is 12.1 Å². The van der Waals surface area contributed by atoms with Crippen molar-refractivity contribution in [2.75, 3.05) is 36.0 Å². The van der Waals surface area contributed by atoms with Crippen LogP contribution in [0, 0.1) is 0 Å². The summed E-state index contributed by atoms with van der Waals surface area (Å²) in [5.41, 5.74) is 4.40. The largest absolute Gasteiger partial charge is 0.368 e. The quantitative estimate of drug-likeness (QED) is 0.465. The summed E-state index contributed by atoms with van der Waals surface area (Å²) in [6.45, 7) is 12.1. The Hall–Kier alpha value is -2.44. The van der Waals surface area contributed by atoms with Crippen LogP contribution in [0.5, 0.6) is 0 Å². The van der Waals surface area contributed by atoms with Crippen molar-refractivity contribution in [3.63, 3.8) is 0 Å². The van der Waals surface area contributed by atoms with Gasteiger partial charge in [-0.3, -0.25) is 0 Å². The predicted octanol–water partition coefficient (Wildman–Crippen LogP) is 4.81. The van der Waals surface area contributed by atoms with Crippen molar-refractivity contribution in [1.29, 1.82) is 0 Å². The zero-order valence-electron chi connectivity index (χ0n) is 19.1. The molecule has 0 unspecified atom stereocenters. The van der Waals surface area contributed by atoms with Crippen molar-refractivity contribution in [2.24, 2.45) is 9.02 Å². The lowest BCUT2D eigenvalue weighted by Gasteiger charge is -2.37. The molecule has 1 aliphatic rings. The molecule has 3 rings (SSSR count). The van der Waals surface area contributed by atoms with E-state index >= 15 is 0 Å². The fourth-order valence-electron chi connectivity index (χ4n) is 3.74. The van der Waals surface area contributed by atoms with Crippen LogP contribution in [0.2, 0.25) is 0 Å². The molecule has 172 valence electrons. The van der Waals surface area contributed by atoms with Crippen molar-refractivity contribution < 1.29 is 0 Å². The van der Waals surface area contributed by atoms with Crippen LogP contribution in [-0.2, 0) is 0 Å². The molecule has 2 N–H and O–H groups in total. The second-order valence-corrected chi connectivity index (χ2v) is 8.87. The van der Waals surface area contributed by atoms with E-state index < -0.39 is 0 Å². The molecule has 1 heterocycles. The number of hydrogen-bond donors (Lipinski definition) is 2. The Morgan fingerprint density at radius 1 is 0.656 bits per heavy atom. The highest BCUT2D eigenvalue weighted by Gasteiger charge is 2.18. The number of amidine groups is 2. The third-order valence-electron chi connectivity index (χ3n) is 5.31. The number of piperazine rings is 1. The Morgan fingerprint density at radius 2 is 0.969 bits per heavy atom. The normalized spacial score (nSPS) is 15.5. The summed E-state index contributed by atoms with van der Waals surface area (Å²) in [6.07, 6.45) is 0. The van der Waals surface area contributed by atoms with Crippen LogP contribution < -0.4 is 20.4 Å². The van der Waals surface area contributed by atoms with Crippen LogP contribution in [0.15, 0.2) is 57.6 Å². The molecule has 0 aromatic heterocycles. The number of halogens is 2. The standard InChI is InChI=1S/C24H32Cl2N6/c1-17(2)27-23(29-25)19-5-9-21(10-6-19)31-13-15-32(16-14-31)22-11-7-20(8-12-22)24(30-26)28-18(3)4/h5-12,17-18H,13-16H2,1-4H3,(H,27,29)(H,28,30). The summed E-state index contributed by atoms with van der Waals surface area (Å²) >= 11 is 11.5. The lowest BCUT2D eigenvalue weighted by Crippen LogP contribution is -2.46. The van der Waals surface area contributed by atoms with Crippen molar-refractivity contribution in [3.8, 4) is 0 Å². The summed E-state index contributed by atoms with van der Waals surface area (Å²) < 4.78 is 7.72. The number of nitrogens with zero attached hydrogens (tertiary/aromatic N) is 4. The van der Waals surface area contributed by atoms with Crippen LogP contribution >= 0.6 is 23.6 Å². The van der Waals surface area contributed by atoms with Gasteiger partial charge in [-0.1, -0.05) is 0 Å². The molecule has 0 amide bonds. The first-order valence-electron chi connectivity index (χ1n) is 11.0. The maximum Gasteiger partial charge on any atom is 0.148 e. The Bertz CT molecular complexity index is 837. The highest BCUT2D eigenvalue weighted by molar-refractivity contribution is 6.22. The summed E-state index contributed by atoms with van der Waals surface area (Å²) in [6, 6.07) is 17.4. The predicted molar refractivity (Wildman–Crippen MR) is 139 cm³/mol. The van der Waals surface area contributed by atoms with Gasteiger partial charge >= 0.3 is 0 Å². The second-order valence-electron chi connectivity index (χ2n) is 8.53. The first-order valence-corrected chi connectivity index (χ1v) is 11.7. The van der Waals surface area contributed by atoms with Crippen LogP contribution in [0.3, 0.4) is 0 Å². The summed E-state index contributed by atoms with van der Waals surface area (Å²) in [4.78, 5) is 4.82. The lowest BCUT2D eigenvalue weighted by molar-refractivity contribution is 0.653. The molecule has 1 saturated heterocycles. The molecule has 0 spiro atoms. The van der Waals surface area contributed by atoms with Gasteiger partial charge in [0.15, 0.2) is 0 Å². The monoisotopic (exact) mass is 474 g/mol. The zero-order chi connectivity index (χ0) is 23.1. The van der Waals surface area contributed by atoms with E-state index in [0.717, 1.165) is 37.3 Å². The minimum atomic E-state index is 0.273. The third-order valence-corrected chi connectivity index (χ3v) is 5.65. The minimum Gasteiger partial charge on any atom is -0.368 e. The smallest absolute Gasteiger partial charge is 0.148 e. The van der Waals surface area contributed by atoms with Gasteiger partial charge < -0.3 is 20.4 Å². The van der Waals surface area contributed by atoms with E-state index in [1.807, 2.05) is 0 Å². The fraction of sp³-hybridized carbons (Fsp3) is 0.417. The Labute approximate surface area is 201 Å². The molecular formula is C24H32Cl2N6. The molecule has 0 atom stereocenters. The third kappa shape index (κ3) is 6.30. The zero-order valence-corrected chi connectivity index (χ0v) is 20.7. The molecule has 0 aliphatic carbocycles. The van der Waals surface area contributed by atoms with Crippen LogP contribution in [-0.4, -0.2) is 49.9 Å². The molecule has 1 aliphatic heterocycles. The van der Waals surface area contributed by atoms with Gasteiger partial charge in [-0.15, -0.1) is 0 Å². The lowest BCUT2D eigenvalue weighted by atomic mass is 10.1. The van der Waals surface area contributed by atoms with E-state index in [2.05, 4.69) is 106 Å². The average Bonchev–Trinajstić information content (AvgIpc) is 2.81. The highest BCUT2D eigenvalue weighted by Crippen LogP contribution is 2.22.